The standard InChI is InChI=1S/C22H23N3O5S/c1-14(2)29-21(27)17-9-4-5-10-18(17)23-19(26)13-31-22-25-24-20(30-22)12-28-16-8-6-7-15(3)11-16/h4-11,14H,12-13H2,1-3H3,(H,23,26). The fourth-order valence-corrected chi connectivity index (χ4v) is 3.15. The molecular formula is C22H23N3O5S. The number of amides is 1. The zero-order valence-electron chi connectivity index (χ0n) is 17.5. The molecule has 1 amide bonds. The van der Waals surface area contributed by atoms with Crippen LogP contribution in [0.4, 0.5) is 5.69 Å². The highest BCUT2D eigenvalue weighted by Crippen LogP contribution is 2.20. The number of carbonyl (C=O) groups is 2. The van der Waals surface area contributed by atoms with E-state index >= 15 is 0 Å². The Balaban J connectivity index is 1.51. The average Bonchev–Trinajstić information content (AvgIpc) is 3.19. The minimum Gasteiger partial charge on any atom is -0.484 e. The summed E-state index contributed by atoms with van der Waals surface area (Å²) in [6.45, 7) is 5.64. The van der Waals surface area contributed by atoms with Crippen molar-refractivity contribution in [1.29, 1.82) is 0 Å². The Hall–Kier alpha value is -3.33. The molecule has 0 saturated heterocycles. The number of hydrogen-bond donors (Lipinski definition) is 1. The van der Waals surface area contributed by atoms with Crippen LogP contribution in [0.2, 0.25) is 0 Å². The lowest BCUT2D eigenvalue weighted by atomic mass is 10.2. The van der Waals surface area contributed by atoms with E-state index in [1.807, 2.05) is 31.2 Å². The number of aryl methyl sites for hydroxylation is 1. The van der Waals surface area contributed by atoms with Gasteiger partial charge >= 0.3 is 5.97 Å². The highest BCUT2D eigenvalue weighted by molar-refractivity contribution is 7.99. The van der Waals surface area contributed by atoms with Crippen molar-refractivity contribution in [2.45, 2.75) is 38.7 Å². The number of aromatic nitrogens is 2. The van der Waals surface area contributed by atoms with Crippen molar-refractivity contribution in [1.82, 2.24) is 10.2 Å². The zero-order chi connectivity index (χ0) is 22.2. The van der Waals surface area contributed by atoms with E-state index in [1.54, 1.807) is 38.1 Å². The fraction of sp³-hybridized carbons (Fsp3) is 0.273. The Morgan fingerprint density at radius 1 is 1.13 bits per heavy atom. The van der Waals surface area contributed by atoms with Crippen LogP contribution in [0.15, 0.2) is 58.2 Å². The number of hydrogen-bond acceptors (Lipinski definition) is 8. The molecule has 1 aromatic heterocycles. The molecule has 0 bridgehead atoms. The van der Waals surface area contributed by atoms with E-state index in [0.717, 1.165) is 17.3 Å². The van der Waals surface area contributed by atoms with Crippen molar-refractivity contribution in [3.8, 4) is 5.75 Å². The van der Waals surface area contributed by atoms with Crippen molar-refractivity contribution < 1.29 is 23.5 Å². The molecule has 3 aromatic rings. The lowest BCUT2D eigenvalue weighted by Gasteiger charge is -2.12. The van der Waals surface area contributed by atoms with Crippen molar-refractivity contribution in [3.05, 3.63) is 65.5 Å². The molecule has 8 nitrogen and oxygen atoms in total. The van der Waals surface area contributed by atoms with Crippen molar-refractivity contribution >= 4 is 29.3 Å². The molecule has 0 aliphatic heterocycles. The van der Waals surface area contributed by atoms with Gasteiger partial charge < -0.3 is 19.2 Å². The molecule has 0 aliphatic rings. The smallest absolute Gasteiger partial charge is 0.340 e. The molecule has 0 aliphatic carbocycles. The minimum absolute atomic E-state index is 0.0356. The van der Waals surface area contributed by atoms with Gasteiger partial charge in [0, 0.05) is 0 Å². The summed E-state index contributed by atoms with van der Waals surface area (Å²) < 4.78 is 16.3. The number of carbonyl (C=O) groups excluding carboxylic acids is 2. The number of anilines is 1. The Kier molecular flexibility index (Phi) is 7.66. The molecule has 162 valence electrons. The Morgan fingerprint density at radius 3 is 2.71 bits per heavy atom. The molecule has 0 spiro atoms. The van der Waals surface area contributed by atoms with E-state index < -0.39 is 5.97 Å². The zero-order valence-corrected chi connectivity index (χ0v) is 18.3. The second kappa shape index (κ2) is 10.6. The van der Waals surface area contributed by atoms with Gasteiger partial charge in [-0.3, -0.25) is 4.79 Å². The summed E-state index contributed by atoms with van der Waals surface area (Å²) in [6.07, 6.45) is -0.256. The van der Waals surface area contributed by atoms with Gasteiger partial charge in [-0.1, -0.05) is 36.0 Å². The first-order valence-electron chi connectivity index (χ1n) is 9.65. The SMILES string of the molecule is Cc1cccc(OCc2nnc(SCC(=O)Nc3ccccc3C(=O)OC(C)C)o2)c1. The molecule has 1 heterocycles. The quantitative estimate of drug-likeness (QED) is 0.388. The summed E-state index contributed by atoms with van der Waals surface area (Å²) in [5.74, 6) is 0.250. The van der Waals surface area contributed by atoms with Gasteiger partial charge in [0.25, 0.3) is 11.1 Å². The number of rotatable bonds is 9. The third kappa shape index (κ3) is 6.85. The van der Waals surface area contributed by atoms with E-state index in [2.05, 4.69) is 15.5 Å². The molecule has 0 saturated carbocycles. The topological polar surface area (TPSA) is 104 Å². The summed E-state index contributed by atoms with van der Waals surface area (Å²) in [5, 5.41) is 10.8. The van der Waals surface area contributed by atoms with Gasteiger partial charge in [-0.15, -0.1) is 10.2 Å². The van der Waals surface area contributed by atoms with Gasteiger partial charge in [-0.25, -0.2) is 4.79 Å². The predicted octanol–water partition coefficient (Wildman–Crippen LogP) is 4.25. The monoisotopic (exact) mass is 441 g/mol. The maximum atomic E-state index is 12.3. The van der Waals surface area contributed by atoms with Crippen LogP contribution in [0.3, 0.4) is 0 Å². The van der Waals surface area contributed by atoms with Crippen LogP contribution in [0.5, 0.6) is 5.75 Å². The van der Waals surface area contributed by atoms with Gasteiger partial charge in [0.1, 0.15) is 5.75 Å². The van der Waals surface area contributed by atoms with E-state index in [4.69, 9.17) is 13.9 Å². The number of ether oxygens (including phenoxy) is 2. The van der Waals surface area contributed by atoms with Crippen molar-refractivity contribution in [2.75, 3.05) is 11.1 Å². The fourth-order valence-electron chi connectivity index (χ4n) is 2.57. The molecule has 0 unspecified atom stereocenters. The Morgan fingerprint density at radius 2 is 1.94 bits per heavy atom. The van der Waals surface area contributed by atoms with Gasteiger partial charge in [-0.2, -0.15) is 0 Å². The summed E-state index contributed by atoms with van der Waals surface area (Å²) in [6, 6.07) is 14.3. The van der Waals surface area contributed by atoms with E-state index in [0.29, 0.717) is 22.9 Å². The third-order valence-corrected chi connectivity index (χ3v) is 4.71. The minimum atomic E-state index is -0.492. The number of thioether (sulfide) groups is 1. The van der Waals surface area contributed by atoms with Crippen molar-refractivity contribution in [2.24, 2.45) is 0 Å². The average molecular weight is 442 g/mol. The largest absolute Gasteiger partial charge is 0.484 e. The molecule has 31 heavy (non-hydrogen) atoms. The first-order valence-corrected chi connectivity index (χ1v) is 10.6. The van der Waals surface area contributed by atoms with Crippen LogP contribution >= 0.6 is 11.8 Å². The lowest BCUT2D eigenvalue weighted by Crippen LogP contribution is -2.18. The molecular weight excluding hydrogens is 418 g/mol. The van der Waals surface area contributed by atoms with Crippen LogP contribution in [0, 0.1) is 6.92 Å². The number of nitrogens with one attached hydrogen (secondary N) is 1. The predicted molar refractivity (Wildman–Crippen MR) is 116 cm³/mol. The summed E-state index contributed by atoms with van der Waals surface area (Å²) in [4.78, 5) is 24.5. The second-order valence-corrected chi connectivity index (χ2v) is 7.83. The Labute approximate surface area is 184 Å². The van der Waals surface area contributed by atoms with Crippen LogP contribution < -0.4 is 10.1 Å². The first-order chi connectivity index (χ1) is 14.9. The van der Waals surface area contributed by atoms with E-state index in [9.17, 15) is 9.59 Å². The van der Waals surface area contributed by atoms with E-state index in [1.165, 1.54) is 0 Å². The van der Waals surface area contributed by atoms with Gasteiger partial charge in [-0.05, 0) is 50.6 Å². The third-order valence-electron chi connectivity index (χ3n) is 3.89. The van der Waals surface area contributed by atoms with Crippen molar-refractivity contribution in [3.63, 3.8) is 0 Å². The molecule has 9 heteroatoms. The highest BCUT2D eigenvalue weighted by Gasteiger charge is 2.16. The summed E-state index contributed by atoms with van der Waals surface area (Å²) in [7, 11) is 0. The number of para-hydroxylation sites is 1. The van der Waals surface area contributed by atoms with Crippen LogP contribution in [0.25, 0.3) is 0 Å². The van der Waals surface area contributed by atoms with Crippen LogP contribution in [-0.2, 0) is 16.1 Å². The van der Waals surface area contributed by atoms with Crippen LogP contribution in [-0.4, -0.2) is 33.9 Å². The number of nitrogens with zero attached hydrogens (tertiary/aromatic N) is 2. The lowest BCUT2D eigenvalue weighted by molar-refractivity contribution is -0.113. The molecule has 1 N–H and O–H groups in total. The first kappa shape index (κ1) is 22.4. The molecule has 2 aromatic carbocycles. The molecule has 0 atom stereocenters. The van der Waals surface area contributed by atoms with E-state index in [-0.39, 0.29) is 29.6 Å². The highest BCUT2D eigenvalue weighted by atomic mass is 32.2. The van der Waals surface area contributed by atoms with Gasteiger partial charge in [0.15, 0.2) is 6.61 Å². The van der Waals surface area contributed by atoms with Gasteiger partial charge in [0.2, 0.25) is 5.91 Å². The maximum absolute atomic E-state index is 12.3. The number of benzene rings is 2. The molecule has 0 fully saturated rings. The normalized spacial score (nSPS) is 10.7. The summed E-state index contributed by atoms with van der Waals surface area (Å²) >= 11 is 1.09. The van der Waals surface area contributed by atoms with Gasteiger partial charge in [0.05, 0.1) is 23.1 Å². The second-order valence-electron chi connectivity index (χ2n) is 6.90. The Bertz CT molecular complexity index is 1050. The molecule has 3 rings (SSSR count). The number of esters is 1. The maximum Gasteiger partial charge on any atom is 0.340 e. The summed E-state index contributed by atoms with van der Waals surface area (Å²) in [5.41, 5.74) is 1.77. The van der Waals surface area contributed by atoms with Crippen LogP contribution in [0.1, 0.15) is 35.7 Å². The molecule has 0 radical (unpaired) electrons.